The Hall–Kier alpha value is 1.13. The van der Waals surface area contributed by atoms with Gasteiger partial charge in [0.1, 0.15) is 0 Å². The van der Waals surface area contributed by atoms with Gasteiger partial charge in [0.2, 0.25) is 0 Å². The fraction of sp³-hybridized carbons (Fsp3) is 0.833. The normalized spacial score (nSPS) is 18.5. The van der Waals surface area contributed by atoms with Crippen LogP contribution in [0.15, 0.2) is 18.2 Å². The predicted octanol–water partition coefficient (Wildman–Crippen LogP) is 8.58. The van der Waals surface area contributed by atoms with Crippen molar-refractivity contribution in [3.63, 3.8) is 0 Å². The number of hydrogen-bond acceptors (Lipinski definition) is 2. The molecule has 1 aliphatic heterocycles. The molecule has 1 rings (SSSR count). The van der Waals surface area contributed by atoms with E-state index in [1.54, 1.807) is 5.57 Å². The van der Waals surface area contributed by atoms with Gasteiger partial charge < -0.3 is 0 Å². The molecular formula is C24H57BN2Si4Sn. The number of allylic oxidation sites excluding steroid dienone is 4. The summed E-state index contributed by atoms with van der Waals surface area (Å²) in [5.74, 6) is 0. The third-order valence-corrected chi connectivity index (χ3v) is 63.7. The molecule has 0 spiro atoms. The summed E-state index contributed by atoms with van der Waals surface area (Å²) in [4.78, 5) is 0. The molecule has 0 radical (unpaired) electrons. The van der Waals surface area contributed by atoms with Crippen molar-refractivity contribution in [2.24, 2.45) is 0 Å². The van der Waals surface area contributed by atoms with Crippen LogP contribution in [0.3, 0.4) is 0 Å². The molecule has 0 aliphatic carbocycles. The van der Waals surface area contributed by atoms with E-state index in [1.807, 2.05) is 12.7 Å². The molecule has 1 heterocycles. The van der Waals surface area contributed by atoms with Gasteiger partial charge in [0.15, 0.2) is 0 Å². The van der Waals surface area contributed by atoms with Crippen LogP contribution in [0, 0.1) is 0 Å². The zero-order valence-corrected chi connectivity index (χ0v) is 31.9. The molecule has 0 aromatic heterocycles. The summed E-state index contributed by atoms with van der Waals surface area (Å²) in [6.45, 7) is 45.3. The molecule has 0 fully saturated rings. The fourth-order valence-corrected chi connectivity index (χ4v) is 85.3. The molecule has 186 valence electrons. The average Bonchev–Trinajstić information content (AvgIpc) is 2.73. The van der Waals surface area contributed by atoms with Crippen LogP contribution in [-0.2, 0) is 0 Å². The van der Waals surface area contributed by atoms with Gasteiger partial charge in [-0.1, -0.05) is 0 Å². The maximum absolute atomic E-state index is 3.40. The predicted molar refractivity (Wildman–Crippen MR) is 165 cm³/mol. The van der Waals surface area contributed by atoms with Crippen LogP contribution in [0.5, 0.6) is 0 Å². The minimum absolute atomic E-state index is 0.730. The SMILES string of the molecule is CCB(CC)C1=[C](C)[Sn]([N]([Si](C)(C)C)[Si](C)(C)C)([N]([Si](C)(C)C)[Si](C)(C)C)[C](C)=C1CC. The Morgan fingerprint density at radius 3 is 1.12 bits per heavy atom. The fourth-order valence-electron chi connectivity index (χ4n) is 7.54. The van der Waals surface area contributed by atoms with Crippen molar-refractivity contribution < 1.29 is 0 Å². The van der Waals surface area contributed by atoms with Crippen molar-refractivity contribution in [3.05, 3.63) is 18.2 Å². The topological polar surface area (TPSA) is 6.48 Å². The molecular weight excluding hydrogens is 558 g/mol. The number of rotatable bonds is 10. The van der Waals surface area contributed by atoms with E-state index in [2.05, 4.69) is 118 Å². The van der Waals surface area contributed by atoms with E-state index >= 15 is 0 Å². The van der Waals surface area contributed by atoms with E-state index in [1.165, 1.54) is 19.1 Å². The quantitative estimate of drug-likeness (QED) is 0.227. The molecule has 0 unspecified atom stereocenters. The zero-order valence-electron chi connectivity index (χ0n) is 25.1. The summed E-state index contributed by atoms with van der Waals surface area (Å²) < 4.78 is 10.6. The Morgan fingerprint density at radius 1 is 0.594 bits per heavy atom. The van der Waals surface area contributed by atoms with Crippen molar-refractivity contribution in [1.82, 2.24) is 4.91 Å². The van der Waals surface area contributed by atoms with Gasteiger partial charge in [-0.25, -0.2) is 0 Å². The molecule has 0 aromatic carbocycles. The molecule has 0 N–H and O–H groups in total. The second kappa shape index (κ2) is 10.2. The first kappa shape index (κ1) is 31.2. The third kappa shape index (κ3) is 5.59. The molecule has 1 aliphatic rings. The van der Waals surface area contributed by atoms with Crippen LogP contribution in [0.1, 0.15) is 41.0 Å². The molecule has 0 saturated carbocycles. The van der Waals surface area contributed by atoms with Gasteiger partial charge in [-0.15, -0.1) is 0 Å². The second-order valence-corrected chi connectivity index (χ2v) is 49.9. The Morgan fingerprint density at radius 2 is 0.906 bits per heavy atom. The van der Waals surface area contributed by atoms with Gasteiger partial charge in [-0.3, -0.25) is 0 Å². The Bertz CT molecular complexity index is 688. The molecule has 32 heavy (non-hydrogen) atoms. The standard InChI is InChI=1S/C12H21B.2C6H18NSi2.Sn/c1-6-11(7-2)12(8-3)13(9-4)10-5;2*1-8(2,3)7-9(4,5)6;/h6,9-10H2,1-5H3;2*1-6H3;/q;2*-1;+2. The summed E-state index contributed by atoms with van der Waals surface area (Å²) in [5.41, 5.74) is 3.61. The average molecular weight is 616 g/mol. The first-order valence-electron chi connectivity index (χ1n) is 13.2. The first-order chi connectivity index (χ1) is 14.1. The monoisotopic (exact) mass is 616 g/mol. The van der Waals surface area contributed by atoms with Gasteiger partial charge in [0, 0.05) is 0 Å². The van der Waals surface area contributed by atoms with Crippen molar-refractivity contribution in [2.75, 3.05) is 0 Å². The Balaban J connectivity index is 4.44. The van der Waals surface area contributed by atoms with Crippen molar-refractivity contribution in [2.45, 2.75) is 132 Å². The second-order valence-electron chi connectivity index (χ2n) is 14.0. The molecule has 0 amide bonds. The summed E-state index contributed by atoms with van der Waals surface area (Å²) in [7, 11) is -6.27. The summed E-state index contributed by atoms with van der Waals surface area (Å²) in [6, 6.07) is 0. The van der Waals surface area contributed by atoms with Gasteiger partial charge in [0.05, 0.1) is 0 Å². The Kier molecular flexibility index (Phi) is 9.98. The van der Waals surface area contributed by atoms with Gasteiger partial charge in [-0.2, -0.15) is 0 Å². The van der Waals surface area contributed by atoms with Crippen LogP contribution < -0.4 is 0 Å². The van der Waals surface area contributed by atoms with E-state index in [9.17, 15) is 0 Å². The molecule has 0 aromatic rings. The van der Waals surface area contributed by atoms with Crippen LogP contribution in [0.4, 0.5) is 0 Å². The molecule has 0 atom stereocenters. The first-order valence-corrected chi connectivity index (χ1v) is 32.4. The van der Waals surface area contributed by atoms with Crippen molar-refractivity contribution in [1.29, 1.82) is 0 Å². The Labute approximate surface area is 212 Å². The number of hydrogen-bond donors (Lipinski definition) is 0. The van der Waals surface area contributed by atoms with E-state index in [4.69, 9.17) is 0 Å². The molecule has 0 bridgehead atoms. The summed E-state index contributed by atoms with van der Waals surface area (Å²) in [6.07, 6.45) is 3.77. The van der Waals surface area contributed by atoms with Gasteiger partial charge in [-0.05, 0) is 0 Å². The zero-order chi connectivity index (χ0) is 25.7. The van der Waals surface area contributed by atoms with Gasteiger partial charge >= 0.3 is 214 Å². The van der Waals surface area contributed by atoms with Crippen LogP contribution >= 0.6 is 0 Å². The van der Waals surface area contributed by atoms with Crippen molar-refractivity contribution in [3.8, 4) is 0 Å². The van der Waals surface area contributed by atoms with E-state index < -0.39 is 51.9 Å². The molecule has 0 saturated heterocycles. The summed E-state index contributed by atoms with van der Waals surface area (Å²) in [5, 5.41) is 0. The van der Waals surface area contributed by atoms with E-state index in [-0.39, 0.29) is 0 Å². The maximum atomic E-state index is 3.40. The van der Waals surface area contributed by atoms with Crippen LogP contribution in [0.2, 0.25) is 91.2 Å². The summed E-state index contributed by atoms with van der Waals surface area (Å²) >= 11 is -3.33. The third-order valence-electron chi connectivity index (χ3n) is 7.31. The van der Waals surface area contributed by atoms with E-state index in [0.29, 0.717) is 0 Å². The number of nitrogens with zero attached hydrogens (tertiary/aromatic N) is 2. The van der Waals surface area contributed by atoms with Gasteiger partial charge in [0.25, 0.3) is 0 Å². The van der Waals surface area contributed by atoms with E-state index in [0.717, 1.165) is 6.71 Å². The van der Waals surface area contributed by atoms with Crippen molar-refractivity contribution >= 4 is 58.6 Å². The van der Waals surface area contributed by atoms with Crippen LogP contribution in [-0.4, -0.2) is 63.5 Å². The molecule has 8 heteroatoms. The van der Waals surface area contributed by atoms with Crippen LogP contribution in [0.25, 0.3) is 0 Å². The minimum atomic E-state index is -3.33. The molecule has 2 nitrogen and oxygen atoms in total.